The van der Waals surface area contributed by atoms with Crippen LogP contribution < -0.4 is 0 Å². The summed E-state index contributed by atoms with van der Waals surface area (Å²) in [6.45, 7) is 6.52. The average Bonchev–Trinajstić information content (AvgIpc) is 3.15. The van der Waals surface area contributed by atoms with Gasteiger partial charge in [-0.05, 0) is 35.2 Å². The first-order valence-corrected chi connectivity index (χ1v) is 7.83. The lowest BCUT2D eigenvalue weighted by molar-refractivity contribution is 0.452. The van der Waals surface area contributed by atoms with E-state index < -0.39 is 0 Å². The molecular weight excluding hydrogens is 288 g/mol. The van der Waals surface area contributed by atoms with E-state index in [4.69, 9.17) is 8.83 Å². The van der Waals surface area contributed by atoms with Crippen LogP contribution in [-0.4, -0.2) is 5.11 Å². The zero-order valence-corrected chi connectivity index (χ0v) is 13.8. The first kappa shape index (κ1) is 15.5. The second-order valence-electron chi connectivity index (χ2n) is 6.91. The minimum Gasteiger partial charge on any atom is -0.507 e. The highest BCUT2D eigenvalue weighted by Crippen LogP contribution is 2.33. The van der Waals surface area contributed by atoms with Crippen molar-refractivity contribution in [1.82, 2.24) is 0 Å². The molecule has 3 nitrogen and oxygen atoms in total. The highest BCUT2D eigenvalue weighted by Gasteiger charge is 2.20. The van der Waals surface area contributed by atoms with E-state index in [0.29, 0.717) is 18.6 Å². The predicted molar refractivity (Wildman–Crippen MR) is 89.8 cm³/mol. The van der Waals surface area contributed by atoms with E-state index in [1.807, 2.05) is 24.3 Å². The predicted octanol–water partition coefficient (Wildman–Crippen LogP) is 5.06. The molecule has 0 aliphatic heterocycles. The maximum atomic E-state index is 10.7. The molecule has 2 aromatic heterocycles. The Morgan fingerprint density at radius 3 is 1.70 bits per heavy atom. The van der Waals surface area contributed by atoms with Gasteiger partial charge in [0.15, 0.2) is 0 Å². The Balaban J connectivity index is 2.03. The number of hydrogen-bond acceptors (Lipinski definition) is 3. The van der Waals surface area contributed by atoms with Crippen molar-refractivity contribution in [3.05, 3.63) is 77.1 Å². The zero-order chi connectivity index (χ0) is 16.4. The molecule has 0 saturated carbocycles. The molecular formula is C20H22O3. The first-order valence-electron chi connectivity index (χ1n) is 7.83. The van der Waals surface area contributed by atoms with Gasteiger partial charge in [-0.1, -0.05) is 32.9 Å². The fourth-order valence-electron chi connectivity index (χ4n) is 2.66. The van der Waals surface area contributed by atoms with Gasteiger partial charge < -0.3 is 13.9 Å². The monoisotopic (exact) mass is 310 g/mol. The second-order valence-corrected chi connectivity index (χ2v) is 6.91. The molecule has 0 aliphatic rings. The van der Waals surface area contributed by atoms with Crippen LogP contribution in [0.2, 0.25) is 0 Å². The largest absolute Gasteiger partial charge is 0.507 e. The molecule has 1 aromatic carbocycles. The van der Waals surface area contributed by atoms with Crippen LogP contribution in [0.5, 0.6) is 5.75 Å². The number of furan rings is 2. The summed E-state index contributed by atoms with van der Waals surface area (Å²) in [7, 11) is 0. The van der Waals surface area contributed by atoms with Crippen molar-refractivity contribution in [2.24, 2.45) is 0 Å². The van der Waals surface area contributed by atoms with E-state index in [9.17, 15) is 5.11 Å². The molecule has 0 fully saturated rings. The number of aromatic hydroxyl groups is 1. The van der Waals surface area contributed by atoms with Crippen LogP contribution in [0.3, 0.4) is 0 Å². The fraction of sp³-hybridized carbons (Fsp3) is 0.300. The summed E-state index contributed by atoms with van der Waals surface area (Å²) in [5.74, 6) is 2.01. The number of rotatable bonds is 4. The van der Waals surface area contributed by atoms with Gasteiger partial charge in [-0.3, -0.25) is 0 Å². The van der Waals surface area contributed by atoms with Crippen LogP contribution in [0.25, 0.3) is 0 Å². The van der Waals surface area contributed by atoms with Gasteiger partial charge in [-0.15, -0.1) is 0 Å². The Kier molecular flexibility index (Phi) is 4.03. The van der Waals surface area contributed by atoms with Gasteiger partial charge in [0.25, 0.3) is 0 Å². The van der Waals surface area contributed by atoms with Crippen molar-refractivity contribution in [2.75, 3.05) is 0 Å². The molecule has 0 unspecified atom stereocenters. The lowest BCUT2D eigenvalue weighted by Gasteiger charge is -2.22. The zero-order valence-electron chi connectivity index (χ0n) is 13.8. The standard InChI is InChI=1S/C20H22O3/c1-20(2,3)16-10-14(12-17-6-4-8-22-17)19(21)15(11-16)13-18-7-5-9-23-18/h4-11,21H,12-13H2,1-3H3. The SMILES string of the molecule is CC(C)(C)c1cc(Cc2ccco2)c(O)c(Cc2ccco2)c1. The van der Waals surface area contributed by atoms with E-state index in [2.05, 4.69) is 32.9 Å². The molecule has 0 saturated heterocycles. The summed E-state index contributed by atoms with van der Waals surface area (Å²) in [4.78, 5) is 0. The highest BCUT2D eigenvalue weighted by molar-refractivity contribution is 5.48. The van der Waals surface area contributed by atoms with E-state index >= 15 is 0 Å². The normalized spacial score (nSPS) is 11.8. The summed E-state index contributed by atoms with van der Waals surface area (Å²) in [6.07, 6.45) is 4.47. The van der Waals surface area contributed by atoms with Gasteiger partial charge >= 0.3 is 0 Å². The Bertz CT molecular complexity index is 703. The average molecular weight is 310 g/mol. The van der Waals surface area contributed by atoms with Crippen molar-refractivity contribution >= 4 is 0 Å². The molecule has 1 N–H and O–H groups in total. The molecule has 0 amide bonds. The topological polar surface area (TPSA) is 46.5 Å². The summed E-state index contributed by atoms with van der Waals surface area (Å²) in [6, 6.07) is 11.7. The smallest absolute Gasteiger partial charge is 0.122 e. The maximum absolute atomic E-state index is 10.7. The molecule has 2 heterocycles. The molecule has 3 rings (SSSR count). The van der Waals surface area contributed by atoms with Crippen molar-refractivity contribution in [1.29, 1.82) is 0 Å². The first-order chi connectivity index (χ1) is 10.9. The second kappa shape index (κ2) is 5.99. The third-order valence-corrected chi connectivity index (χ3v) is 4.02. The summed E-state index contributed by atoms with van der Waals surface area (Å²) in [5.41, 5.74) is 2.96. The van der Waals surface area contributed by atoms with Crippen LogP contribution in [0.15, 0.2) is 57.8 Å². The Hall–Kier alpha value is -2.42. The number of hydrogen-bond donors (Lipinski definition) is 1. The Morgan fingerprint density at radius 1 is 0.870 bits per heavy atom. The quantitative estimate of drug-likeness (QED) is 0.733. The van der Waals surface area contributed by atoms with E-state index in [0.717, 1.165) is 22.6 Å². The van der Waals surface area contributed by atoms with Gasteiger partial charge in [0.05, 0.1) is 12.5 Å². The lowest BCUT2D eigenvalue weighted by Crippen LogP contribution is -2.12. The van der Waals surface area contributed by atoms with Gasteiger partial charge in [0.1, 0.15) is 17.3 Å². The number of phenols is 1. The molecule has 3 aromatic rings. The molecule has 0 spiro atoms. The van der Waals surface area contributed by atoms with Gasteiger partial charge in [0.2, 0.25) is 0 Å². The number of phenolic OH excluding ortho intramolecular Hbond substituents is 1. The molecule has 0 bridgehead atoms. The third kappa shape index (κ3) is 3.50. The van der Waals surface area contributed by atoms with E-state index in [1.54, 1.807) is 12.5 Å². The minimum absolute atomic E-state index is 0.00350. The van der Waals surface area contributed by atoms with Crippen LogP contribution in [-0.2, 0) is 18.3 Å². The van der Waals surface area contributed by atoms with Crippen molar-refractivity contribution in [2.45, 2.75) is 39.0 Å². The lowest BCUT2D eigenvalue weighted by atomic mass is 9.83. The summed E-state index contributed by atoms with van der Waals surface area (Å²) >= 11 is 0. The molecule has 120 valence electrons. The van der Waals surface area contributed by atoms with Crippen molar-refractivity contribution < 1.29 is 13.9 Å². The van der Waals surface area contributed by atoms with E-state index in [-0.39, 0.29) is 5.41 Å². The Morgan fingerprint density at radius 2 is 1.35 bits per heavy atom. The van der Waals surface area contributed by atoms with Gasteiger partial charge in [0, 0.05) is 24.0 Å². The van der Waals surface area contributed by atoms with Crippen LogP contribution in [0.1, 0.15) is 49.0 Å². The third-order valence-electron chi connectivity index (χ3n) is 4.02. The minimum atomic E-state index is 0.00350. The van der Waals surface area contributed by atoms with E-state index in [1.165, 1.54) is 5.56 Å². The Labute approximate surface area is 136 Å². The highest BCUT2D eigenvalue weighted by atomic mass is 16.3. The maximum Gasteiger partial charge on any atom is 0.122 e. The van der Waals surface area contributed by atoms with Crippen molar-refractivity contribution in [3.8, 4) is 5.75 Å². The van der Waals surface area contributed by atoms with Crippen LogP contribution in [0, 0.1) is 0 Å². The van der Waals surface area contributed by atoms with Crippen LogP contribution >= 0.6 is 0 Å². The van der Waals surface area contributed by atoms with Gasteiger partial charge in [-0.2, -0.15) is 0 Å². The van der Waals surface area contributed by atoms with Crippen molar-refractivity contribution in [3.63, 3.8) is 0 Å². The molecule has 23 heavy (non-hydrogen) atoms. The number of benzene rings is 1. The summed E-state index contributed by atoms with van der Waals surface area (Å²) in [5, 5.41) is 10.7. The fourth-order valence-corrected chi connectivity index (χ4v) is 2.66. The molecule has 0 aliphatic carbocycles. The molecule has 3 heteroatoms. The molecule has 0 radical (unpaired) electrons. The van der Waals surface area contributed by atoms with Gasteiger partial charge in [-0.25, -0.2) is 0 Å². The summed E-state index contributed by atoms with van der Waals surface area (Å²) < 4.78 is 10.9. The molecule has 0 atom stereocenters. The van der Waals surface area contributed by atoms with Crippen LogP contribution in [0.4, 0.5) is 0 Å².